The molecule has 0 aromatic heterocycles. The SMILES string of the molecule is CCCCN(CCCC)C(=O)N1CC(O)C[C@H]1C(=O)O. The zero-order chi connectivity index (χ0) is 15.1. The summed E-state index contributed by atoms with van der Waals surface area (Å²) in [5, 5.41) is 18.8. The Hall–Kier alpha value is -1.30. The molecule has 6 heteroatoms. The van der Waals surface area contributed by atoms with Gasteiger partial charge in [0, 0.05) is 26.1 Å². The molecule has 0 bridgehead atoms. The van der Waals surface area contributed by atoms with Crippen LogP contribution in [-0.2, 0) is 4.79 Å². The van der Waals surface area contributed by atoms with Crippen molar-refractivity contribution in [2.45, 2.75) is 58.1 Å². The van der Waals surface area contributed by atoms with Gasteiger partial charge in [-0.25, -0.2) is 9.59 Å². The summed E-state index contributed by atoms with van der Waals surface area (Å²) >= 11 is 0. The monoisotopic (exact) mass is 286 g/mol. The lowest BCUT2D eigenvalue weighted by atomic mass is 10.2. The molecule has 0 spiro atoms. The van der Waals surface area contributed by atoms with Crippen LogP contribution < -0.4 is 0 Å². The van der Waals surface area contributed by atoms with Gasteiger partial charge in [-0.05, 0) is 12.8 Å². The molecule has 1 saturated heterocycles. The van der Waals surface area contributed by atoms with Crippen LogP contribution in [0.15, 0.2) is 0 Å². The first-order valence-electron chi connectivity index (χ1n) is 7.47. The standard InChI is InChI=1S/C14H26N2O4/c1-3-5-7-15(8-6-4-2)14(20)16-10-11(17)9-12(16)13(18)19/h11-12,17H,3-10H2,1-2H3,(H,18,19)/t11?,12-/m0/s1. The van der Waals surface area contributed by atoms with Gasteiger partial charge in [-0.1, -0.05) is 26.7 Å². The predicted octanol–water partition coefficient (Wildman–Crippen LogP) is 1.53. The lowest BCUT2D eigenvalue weighted by Gasteiger charge is -2.30. The van der Waals surface area contributed by atoms with Gasteiger partial charge in [-0.2, -0.15) is 0 Å². The number of aliphatic carboxylic acids is 1. The van der Waals surface area contributed by atoms with E-state index in [-0.39, 0.29) is 19.0 Å². The minimum absolute atomic E-state index is 0.116. The van der Waals surface area contributed by atoms with Crippen LogP contribution in [0.5, 0.6) is 0 Å². The van der Waals surface area contributed by atoms with Crippen molar-refractivity contribution in [3.63, 3.8) is 0 Å². The second-order valence-electron chi connectivity index (χ2n) is 5.37. The highest BCUT2D eigenvalue weighted by Gasteiger charge is 2.40. The normalized spacial score (nSPS) is 22.1. The molecule has 1 heterocycles. The van der Waals surface area contributed by atoms with Gasteiger partial charge in [-0.15, -0.1) is 0 Å². The van der Waals surface area contributed by atoms with Crippen molar-refractivity contribution in [3.8, 4) is 0 Å². The zero-order valence-electron chi connectivity index (χ0n) is 12.4. The maximum absolute atomic E-state index is 12.5. The summed E-state index contributed by atoms with van der Waals surface area (Å²) in [7, 11) is 0. The first kappa shape index (κ1) is 16.8. The van der Waals surface area contributed by atoms with Crippen molar-refractivity contribution in [2.75, 3.05) is 19.6 Å². The van der Waals surface area contributed by atoms with E-state index in [0.717, 1.165) is 25.7 Å². The Bertz CT molecular complexity index is 327. The molecule has 0 aromatic carbocycles. The number of carbonyl (C=O) groups is 2. The number of nitrogens with zero attached hydrogens (tertiary/aromatic N) is 2. The second-order valence-corrected chi connectivity index (χ2v) is 5.37. The van der Waals surface area contributed by atoms with Gasteiger partial charge < -0.3 is 20.0 Å². The van der Waals surface area contributed by atoms with E-state index in [9.17, 15) is 14.7 Å². The van der Waals surface area contributed by atoms with E-state index >= 15 is 0 Å². The fraction of sp³-hybridized carbons (Fsp3) is 0.857. The molecule has 1 aliphatic heterocycles. The van der Waals surface area contributed by atoms with Gasteiger partial charge >= 0.3 is 12.0 Å². The third kappa shape index (κ3) is 4.37. The van der Waals surface area contributed by atoms with Crippen LogP contribution in [0.4, 0.5) is 4.79 Å². The molecule has 2 N–H and O–H groups in total. The van der Waals surface area contributed by atoms with Crippen LogP contribution >= 0.6 is 0 Å². The van der Waals surface area contributed by atoms with Gasteiger partial charge in [0.1, 0.15) is 6.04 Å². The number of likely N-dealkylation sites (tertiary alicyclic amines) is 1. The number of carbonyl (C=O) groups excluding carboxylic acids is 1. The molecule has 2 atom stereocenters. The molecule has 20 heavy (non-hydrogen) atoms. The maximum atomic E-state index is 12.5. The highest BCUT2D eigenvalue weighted by atomic mass is 16.4. The lowest BCUT2D eigenvalue weighted by Crippen LogP contribution is -2.48. The summed E-state index contributed by atoms with van der Waals surface area (Å²) in [6.07, 6.45) is 3.17. The van der Waals surface area contributed by atoms with E-state index in [4.69, 9.17) is 5.11 Å². The molecule has 1 rings (SSSR count). The number of amides is 2. The Labute approximate surface area is 120 Å². The number of urea groups is 1. The highest BCUT2D eigenvalue weighted by Crippen LogP contribution is 2.20. The minimum Gasteiger partial charge on any atom is -0.480 e. The van der Waals surface area contributed by atoms with E-state index in [2.05, 4.69) is 13.8 Å². The molecular formula is C14H26N2O4. The van der Waals surface area contributed by atoms with E-state index in [1.54, 1.807) is 4.90 Å². The number of carboxylic acid groups (broad SMARTS) is 1. The summed E-state index contributed by atoms with van der Waals surface area (Å²) in [4.78, 5) is 26.7. The number of aliphatic hydroxyl groups is 1. The Balaban J connectivity index is 2.73. The summed E-state index contributed by atoms with van der Waals surface area (Å²) < 4.78 is 0. The summed E-state index contributed by atoms with van der Waals surface area (Å²) in [6, 6.07) is -1.15. The van der Waals surface area contributed by atoms with Crippen LogP contribution in [0.25, 0.3) is 0 Å². The highest BCUT2D eigenvalue weighted by molar-refractivity contribution is 5.83. The van der Waals surface area contributed by atoms with Crippen molar-refractivity contribution < 1.29 is 19.8 Å². The van der Waals surface area contributed by atoms with E-state index in [1.807, 2.05) is 0 Å². The summed E-state index contributed by atoms with van der Waals surface area (Å²) in [5.41, 5.74) is 0. The van der Waals surface area contributed by atoms with E-state index in [0.29, 0.717) is 13.1 Å². The Kier molecular flexibility index (Phi) is 6.78. The molecule has 0 saturated carbocycles. The average molecular weight is 286 g/mol. The second kappa shape index (κ2) is 8.09. The van der Waals surface area contributed by atoms with Gasteiger partial charge in [0.25, 0.3) is 0 Å². The number of aliphatic hydroxyl groups excluding tert-OH is 1. The molecule has 0 radical (unpaired) electrons. The first-order chi connectivity index (χ1) is 9.51. The van der Waals surface area contributed by atoms with Crippen molar-refractivity contribution in [1.82, 2.24) is 9.80 Å². The van der Waals surface area contributed by atoms with Crippen LogP contribution in [0.1, 0.15) is 46.0 Å². The number of rotatable bonds is 7. The number of β-amino-alcohol motifs (C(OH)–C–C–N with tert-alkyl or cyclic N) is 1. The quantitative estimate of drug-likeness (QED) is 0.743. The molecule has 1 unspecified atom stereocenters. The molecule has 1 aliphatic rings. The fourth-order valence-corrected chi connectivity index (χ4v) is 2.44. The van der Waals surface area contributed by atoms with Crippen molar-refractivity contribution in [1.29, 1.82) is 0 Å². The predicted molar refractivity (Wildman–Crippen MR) is 75.5 cm³/mol. The van der Waals surface area contributed by atoms with E-state index in [1.165, 1.54) is 4.90 Å². The molecule has 0 aromatic rings. The molecular weight excluding hydrogens is 260 g/mol. The van der Waals surface area contributed by atoms with Crippen molar-refractivity contribution in [2.24, 2.45) is 0 Å². The first-order valence-corrected chi connectivity index (χ1v) is 7.47. The summed E-state index contributed by atoms with van der Waals surface area (Å²) in [6.45, 7) is 5.53. The van der Waals surface area contributed by atoms with Crippen molar-refractivity contribution in [3.05, 3.63) is 0 Å². The largest absolute Gasteiger partial charge is 0.480 e. The number of unbranched alkanes of at least 4 members (excludes halogenated alkanes) is 2. The van der Waals surface area contributed by atoms with Crippen LogP contribution in [0.3, 0.4) is 0 Å². The van der Waals surface area contributed by atoms with Crippen LogP contribution in [-0.4, -0.2) is 63.8 Å². The van der Waals surface area contributed by atoms with Gasteiger partial charge in [-0.3, -0.25) is 0 Å². The molecule has 116 valence electrons. The molecule has 2 amide bonds. The smallest absolute Gasteiger partial charge is 0.326 e. The summed E-state index contributed by atoms with van der Waals surface area (Å²) in [5.74, 6) is -1.04. The molecule has 6 nitrogen and oxygen atoms in total. The fourth-order valence-electron chi connectivity index (χ4n) is 2.44. The van der Waals surface area contributed by atoms with Gasteiger partial charge in [0.05, 0.1) is 6.10 Å². The number of carboxylic acids is 1. The van der Waals surface area contributed by atoms with E-state index < -0.39 is 18.1 Å². The Morgan fingerprint density at radius 1 is 1.20 bits per heavy atom. The number of hydrogen-bond donors (Lipinski definition) is 2. The number of hydrogen-bond acceptors (Lipinski definition) is 3. The topological polar surface area (TPSA) is 81.1 Å². The molecule has 0 aliphatic carbocycles. The van der Waals surface area contributed by atoms with Crippen LogP contribution in [0.2, 0.25) is 0 Å². The third-order valence-corrected chi connectivity index (χ3v) is 3.64. The maximum Gasteiger partial charge on any atom is 0.326 e. The minimum atomic E-state index is -1.04. The Morgan fingerprint density at radius 2 is 1.75 bits per heavy atom. The van der Waals surface area contributed by atoms with Gasteiger partial charge in [0.15, 0.2) is 0 Å². The van der Waals surface area contributed by atoms with Gasteiger partial charge in [0.2, 0.25) is 0 Å². The lowest BCUT2D eigenvalue weighted by molar-refractivity contribution is -0.141. The van der Waals surface area contributed by atoms with Crippen LogP contribution in [0, 0.1) is 0 Å². The zero-order valence-corrected chi connectivity index (χ0v) is 12.4. The molecule has 1 fully saturated rings. The average Bonchev–Trinajstić information content (AvgIpc) is 2.80. The Morgan fingerprint density at radius 3 is 2.20 bits per heavy atom. The third-order valence-electron chi connectivity index (χ3n) is 3.64. The van der Waals surface area contributed by atoms with Crippen molar-refractivity contribution >= 4 is 12.0 Å².